The van der Waals surface area contributed by atoms with E-state index in [0.29, 0.717) is 11.4 Å². The van der Waals surface area contributed by atoms with E-state index in [4.69, 9.17) is 21.4 Å². The van der Waals surface area contributed by atoms with E-state index in [2.05, 4.69) is 0 Å². The smallest absolute Gasteiger partial charge is 0.227 e. The summed E-state index contributed by atoms with van der Waals surface area (Å²) in [6, 6.07) is 19.6. The molecule has 0 radical (unpaired) electrons. The summed E-state index contributed by atoms with van der Waals surface area (Å²) in [7, 11) is 0. The summed E-state index contributed by atoms with van der Waals surface area (Å²) < 4.78 is 21.6. The molecule has 0 fully saturated rings. The van der Waals surface area contributed by atoms with Crippen molar-refractivity contribution in [3.05, 3.63) is 100 Å². The predicted molar refractivity (Wildman–Crippen MR) is 125 cm³/mol. The first-order valence-electron chi connectivity index (χ1n) is 10.7. The van der Waals surface area contributed by atoms with Crippen LogP contribution in [0.4, 0.5) is 4.39 Å². The maximum Gasteiger partial charge on any atom is 0.227 e. The molecular formula is C26H19ClFN3O2. The number of carbonyl (C=O) groups excluding carboxylic acids is 1. The van der Waals surface area contributed by atoms with Crippen LogP contribution in [0.15, 0.2) is 78.0 Å². The van der Waals surface area contributed by atoms with Gasteiger partial charge in [-0.3, -0.25) is 9.36 Å². The van der Waals surface area contributed by atoms with Crippen LogP contribution in [0.2, 0.25) is 5.02 Å². The zero-order valence-electron chi connectivity index (χ0n) is 17.7. The Hall–Kier alpha value is -3.64. The van der Waals surface area contributed by atoms with E-state index in [-0.39, 0.29) is 17.8 Å². The SMILES string of the molecule is CC(=O)n1cc(C2Oc3ccc(Cl)cc3C3CC(c4ccc(F)cc4)=NN32)c2ccccc21. The van der Waals surface area contributed by atoms with Crippen molar-refractivity contribution in [1.29, 1.82) is 0 Å². The lowest BCUT2D eigenvalue weighted by Crippen LogP contribution is -2.33. The molecule has 33 heavy (non-hydrogen) atoms. The van der Waals surface area contributed by atoms with Gasteiger partial charge in [0.05, 0.1) is 17.3 Å². The molecule has 4 aromatic rings. The van der Waals surface area contributed by atoms with E-state index >= 15 is 0 Å². The van der Waals surface area contributed by atoms with E-state index in [1.807, 2.05) is 53.7 Å². The van der Waals surface area contributed by atoms with Gasteiger partial charge in [-0.1, -0.05) is 41.9 Å². The van der Waals surface area contributed by atoms with Gasteiger partial charge in [-0.15, -0.1) is 0 Å². The van der Waals surface area contributed by atoms with Crippen LogP contribution in [0.3, 0.4) is 0 Å². The number of halogens is 2. The van der Waals surface area contributed by atoms with Crippen molar-refractivity contribution in [3.8, 4) is 5.75 Å². The molecule has 0 amide bonds. The van der Waals surface area contributed by atoms with Crippen LogP contribution >= 0.6 is 11.6 Å². The zero-order chi connectivity index (χ0) is 22.7. The Morgan fingerprint density at radius 2 is 1.88 bits per heavy atom. The van der Waals surface area contributed by atoms with Gasteiger partial charge in [0, 0.05) is 41.1 Å². The predicted octanol–water partition coefficient (Wildman–Crippen LogP) is 6.34. The van der Waals surface area contributed by atoms with Crippen molar-refractivity contribution in [1.82, 2.24) is 9.58 Å². The second-order valence-electron chi connectivity index (χ2n) is 8.30. The summed E-state index contributed by atoms with van der Waals surface area (Å²) in [5.41, 5.74) is 4.34. The largest absolute Gasteiger partial charge is 0.464 e. The Kier molecular flexibility index (Phi) is 4.52. The second-order valence-corrected chi connectivity index (χ2v) is 8.73. The van der Waals surface area contributed by atoms with Crippen molar-refractivity contribution >= 4 is 34.1 Å². The molecule has 2 aliphatic heterocycles. The molecule has 1 aromatic heterocycles. The van der Waals surface area contributed by atoms with E-state index in [1.165, 1.54) is 12.1 Å². The number of para-hydroxylation sites is 1. The van der Waals surface area contributed by atoms with Gasteiger partial charge < -0.3 is 4.74 Å². The zero-order valence-corrected chi connectivity index (χ0v) is 18.5. The lowest BCUT2D eigenvalue weighted by atomic mass is 9.96. The fraction of sp³-hybridized carbons (Fsp3) is 0.154. The number of hydrogen-bond acceptors (Lipinski definition) is 4. The number of benzene rings is 3. The monoisotopic (exact) mass is 459 g/mol. The van der Waals surface area contributed by atoms with Gasteiger partial charge in [-0.2, -0.15) is 5.10 Å². The Balaban J connectivity index is 1.52. The molecule has 0 N–H and O–H groups in total. The molecule has 0 bridgehead atoms. The Morgan fingerprint density at radius 1 is 1.09 bits per heavy atom. The van der Waals surface area contributed by atoms with Crippen molar-refractivity contribution in [3.63, 3.8) is 0 Å². The molecule has 3 heterocycles. The molecule has 3 aromatic carbocycles. The molecule has 0 saturated heterocycles. The van der Waals surface area contributed by atoms with Crippen LogP contribution in [-0.4, -0.2) is 21.2 Å². The van der Waals surface area contributed by atoms with Crippen molar-refractivity contribution < 1.29 is 13.9 Å². The number of nitrogens with zero attached hydrogens (tertiary/aromatic N) is 3. The highest BCUT2D eigenvalue weighted by molar-refractivity contribution is 6.30. The maximum atomic E-state index is 13.5. The maximum absolute atomic E-state index is 13.5. The Bertz CT molecular complexity index is 1440. The minimum Gasteiger partial charge on any atom is -0.464 e. The molecule has 7 heteroatoms. The molecule has 0 spiro atoms. The summed E-state index contributed by atoms with van der Waals surface area (Å²) in [6.07, 6.45) is 1.93. The number of aromatic nitrogens is 1. The van der Waals surface area contributed by atoms with Crippen LogP contribution in [0.5, 0.6) is 5.75 Å². The number of hydrazone groups is 1. The normalized spacial score (nSPS) is 19.1. The molecule has 0 saturated carbocycles. The van der Waals surface area contributed by atoms with Crippen LogP contribution in [0, 0.1) is 5.82 Å². The number of hydrogen-bond donors (Lipinski definition) is 0. The minimum atomic E-state index is -0.535. The third-order valence-electron chi connectivity index (χ3n) is 6.28. The number of carbonyl (C=O) groups is 1. The Morgan fingerprint density at radius 3 is 2.67 bits per heavy atom. The number of ether oxygens (including phenoxy) is 1. The molecule has 2 atom stereocenters. The summed E-state index contributed by atoms with van der Waals surface area (Å²) in [4.78, 5) is 12.3. The van der Waals surface area contributed by atoms with E-state index in [1.54, 1.807) is 23.6 Å². The van der Waals surface area contributed by atoms with Gasteiger partial charge in [0.25, 0.3) is 0 Å². The lowest BCUT2D eigenvalue weighted by molar-refractivity contribution is -0.0181. The first-order chi connectivity index (χ1) is 16.0. The van der Waals surface area contributed by atoms with Gasteiger partial charge in [0.15, 0.2) is 0 Å². The van der Waals surface area contributed by atoms with E-state index in [9.17, 15) is 9.18 Å². The summed E-state index contributed by atoms with van der Waals surface area (Å²) in [6.45, 7) is 1.54. The average molecular weight is 460 g/mol. The van der Waals surface area contributed by atoms with Crippen LogP contribution < -0.4 is 4.74 Å². The lowest BCUT2D eigenvalue weighted by Gasteiger charge is -2.38. The summed E-state index contributed by atoms with van der Waals surface area (Å²) in [5, 5.41) is 8.41. The van der Waals surface area contributed by atoms with Gasteiger partial charge in [0.2, 0.25) is 12.1 Å². The third-order valence-corrected chi connectivity index (χ3v) is 6.51. The highest BCUT2D eigenvalue weighted by atomic mass is 35.5. The third kappa shape index (κ3) is 3.21. The van der Waals surface area contributed by atoms with Gasteiger partial charge in [-0.05, 0) is 42.0 Å². The number of fused-ring (bicyclic) bond motifs is 4. The fourth-order valence-corrected chi connectivity index (χ4v) is 4.92. The van der Waals surface area contributed by atoms with Gasteiger partial charge in [0.1, 0.15) is 11.6 Å². The van der Waals surface area contributed by atoms with E-state index < -0.39 is 6.23 Å². The van der Waals surface area contributed by atoms with Gasteiger partial charge >= 0.3 is 0 Å². The fourth-order valence-electron chi connectivity index (χ4n) is 4.74. The van der Waals surface area contributed by atoms with Gasteiger partial charge in [-0.25, -0.2) is 9.40 Å². The van der Waals surface area contributed by atoms with Crippen molar-refractivity contribution in [2.75, 3.05) is 0 Å². The second kappa shape index (κ2) is 7.46. The number of rotatable bonds is 2. The van der Waals surface area contributed by atoms with Crippen molar-refractivity contribution in [2.24, 2.45) is 5.10 Å². The van der Waals surface area contributed by atoms with E-state index in [0.717, 1.165) is 39.1 Å². The Labute approximate surface area is 194 Å². The highest BCUT2D eigenvalue weighted by Gasteiger charge is 2.42. The molecule has 2 aliphatic rings. The van der Waals surface area contributed by atoms with Crippen LogP contribution in [-0.2, 0) is 0 Å². The molecule has 0 aliphatic carbocycles. The summed E-state index contributed by atoms with van der Waals surface area (Å²) in [5.74, 6) is 0.375. The molecule has 164 valence electrons. The molecule has 6 rings (SSSR count). The topological polar surface area (TPSA) is 46.8 Å². The summed E-state index contributed by atoms with van der Waals surface area (Å²) >= 11 is 6.31. The molecule has 5 nitrogen and oxygen atoms in total. The average Bonchev–Trinajstić information content (AvgIpc) is 3.42. The molecular weight excluding hydrogens is 441 g/mol. The van der Waals surface area contributed by atoms with Crippen molar-refractivity contribution in [2.45, 2.75) is 25.6 Å². The highest BCUT2D eigenvalue weighted by Crippen LogP contribution is 2.49. The molecule has 2 unspecified atom stereocenters. The minimum absolute atomic E-state index is 0.0751. The van der Waals surface area contributed by atoms with Crippen LogP contribution in [0.25, 0.3) is 10.9 Å². The first kappa shape index (κ1) is 20.0. The standard InChI is InChI=1S/C26H19ClFN3O2/c1-15(32)30-14-21(19-4-2-3-5-23(19)30)26-31-24(20-12-17(27)8-11-25(20)33-26)13-22(29-31)16-6-9-18(28)10-7-16/h2-12,14,24,26H,13H2,1H3. The quantitative estimate of drug-likeness (QED) is 0.351. The van der Waals surface area contributed by atoms with Crippen LogP contribution in [0.1, 0.15) is 47.1 Å². The first-order valence-corrected chi connectivity index (χ1v) is 11.1.